The average Bonchev–Trinajstić information content (AvgIpc) is 3.20. The zero-order chi connectivity index (χ0) is 14.7. The molecule has 0 bridgehead atoms. The standard InChI is InChI=1S/C15H24N4O2/c20-7-6-19-14-3-1-2-13(12(14)9-17-19)18-15(21)10-16-8-11-4-5-11/h9,11,13,16,20H,1-8,10H2,(H,18,21). The minimum atomic E-state index is 0.0587. The van der Waals surface area contributed by atoms with Crippen molar-refractivity contribution in [1.82, 2.24) is 20.4 Å². The lowest BCUT2D eigenvalue weighted by Gasteiger charge is -2.24. The molecule has 1 aromatic rings. The molecule has 0 saturated heterocycles. The van der Waals surface area contributed by atoms with Crippen LogP contribution in [0.15, 0.2) is 6.20 Å². The van der Waals surface area contributed by atoms with E-state index in [1.54, 1.807) is 0 Å². The van der Waals surface area contributed by atoms with Crippen molar-refractivity contribution in [2.24, 2.45) is 5.92 Å². The molecule has 1 aromatic heterocycles. The number of aliphatic hydroxyl groups is 1. The van der Waals surface area contributed by atoms with Crippen molar-refractivity contribution in [3.8, 4) is 0 Å². The summed E-state index contributed by atoms with van der Waals surface area (Å²) in [5.41, 5.74) is 2.27. The summed E-state index contributed by atoms with van der Waals surface area (Å²) in [4.78, 5) is 12.0. The van der Waals surface area contributed by atoms with Gasteiger partial charge in [0, 0.05) is 11.3 Å². The first kappa shape index (κ1) is 14.5. The second kappa shape index (κ2) is 6.58. The van der Waals surface area contributed by atoms with Crippen molar-refractivity contribution >= 4 is 5.91 Å². The van der Waals surface area contributed by atoms with Gasteiger partial charge >= 0.3 is 0 Å². The Hall–Kier alpha value is -1.40. The Kier molecular flexibility index (Phi) is 4.55. The second-order valence-corrected chi connectivity index (χ2v) is 6.08. The zero-order valence-electron chi connectivity index (χ0n) is 12.3. The van der Waals surface area contributed by atoms with E-state index < -0.39 is 0 Å². The van der Waals surface area contributed by atoms with Crippen LogP contribution < -0.4 is 10.6 Å². The van der Waals surface area contributed by atoms with Gasteiger partial charge in [-0.15, -0.1) is 0 Å². The van der Waals surface area contributed by atoms with E-state index in [-0.39, 0.29) is 18.6 Å². The monoisotopic (exact) mass is 292 g/mol. The number of carbonyl (C=O) groups is 1. The molecule has 2 aliphatic rings. The lowest BCUT2D eigenvalue weighted by Crippen LogP contribution is -2.38. The fourth-order valence-electron chi connectivity index (χ4n) is 3.01. The summed E-state index contributed by atoms with van der Waals surface area (Å²) < 4.78 is 1.86. The number of fused-ring (bicyclic) bond motifs is 1. The summed E-state index contributed by atoms with van der Waals surface area (Å²) >= 11 is 0. The van der Waals surface area contributed by atoms with E-state index in [2.05, 4.69) is 15.7 Å². The van der Waals surface area contributed by atoms with Crippen LogP contribution >= 0.6 is 0 Å². The summed E-state index contributed by atoms with van der Waals surface area (Å²) in [6, 6.07) is 0.0661. The van der Waals surface area contributed by atoms with Crippen molar-refractivity contribution in [3.63, 3.8) is 0 Å². The van der Waals surface area contributed by atoms with E-state index in [4.69, 9.17) is 5.11 Å². The SMILES string of the molecule is O=C(CNCC1CC1)NC1CCCc2c1cnn2CCO. The van der Waals surface area contributed by atoms with Gasteiger partial charge in [-0.1, -0.05) is 0 Å². The van der Waals surface area contributed by atoms with Gasteiger partial charge in [0.25, 0.3) is 0 Å². The van der Waals surface area contributed by atoms with Gasteiger partial charge < -0.3 is 15.7 Å². The van der Waals surface area contributed by atoms with Gasteiger partial charge in [-0.05, 0) is 44.6 Å². The minimum absolute atomic E-state index is 0.0587. The fourth-order valence-corrected chi connectivity index (χ4v) is 3.01. The molecule has 1 unspecified atom stereocenters. The topological polar surface area (TPSA) is 79.2 Å². The number of hydrogen-bond acceptors (Lipinski definition) is 4. The molecule has 0 aromatic carbocycles. The number of hydrogen-bond donors (Lipinski definition) is 3. The molecule has 0 radical (unpaired) electrons. The summed E-state index contributed by atoms with van der Waals surface area (Å²) in [6.45, 7) is 1.97. The maximum atomic E-state index is 12.0. The predicted octanol–water partition coefficient (Wildman–Crippen LogP) is 0.369. The Bertz CT molecular complexity index is 496. The van der Waals surface area contributed by atoms with E-state index in [1.165, 1.54) is 12.8 Å². The van der Waals surface area contributed by atoms with Crippen molar-refractivity contribution in [3.05, 3.63) is 17.5 Å². The largest absolute Gasteiger partial charge is 0.394 e. The average molecular weight is 292 g/mol. The van der Waals surface area contributed by atoms with Crippen LogP contribution in [-0.4, -0.2) is 40.5 Å². The Morgan fingerprint density at radius 2 is 2.29 bits per heavy atom. The molecule has 1 saturated carbocycles. The molecule has 1 heterocycles. The highest BCUT2D eigenvalue weighted by atomic mass is 16.3. The third-order valence-electron chi connectivity index (χ3n) is 4.33. The van der Waals surface area contributed by atoms with Crippen LogP contribution in [-0.2, 0) is 17.8 Å². The van der Waals surface area contributed by atoms with Crippen LogP contribution in [0.3, 0.4) is 0 Å². The normalized spacial score (nSPS) is 21.1. The third-order valence-corrected chi connectivity index (χ3v) is 4.33. The summed E-state index contributed by atoms with van der Waals surface area (Å²) in [5.74, 6) is 0.846. The van der Waals surface area contributed by atoms with Crippen molar-refractivity contribution in [1.29, 1.82) is 0 Å². The molecule has 1 atom stereocenters. The first-order valence-electron chi connectivity index (χ1n) is 7.93. The molecule has 1 fully saturated rings. The van der Waals surface area contributed by atoms with Crippen LogP contribution in [0.25, 0.3) is 0 Å². The number of aromatic nitrogens is 2. The van der Waals surface area contributed by atoms with Crippen LogP contribution in [0, 0.1) is 5.92 Å². The van der Waals surface area contributed by atoms with Crippen molar-refractivity contribution in [2.75, 3.05) is 19.7 Å². The van der Waals surface area contributed by atoms with E-state index in [1.807, 2.05) is 10.9 Å². The Morgan fingerprint density at radius 3 is 3.05 bits per heavy atom. The number of aliphatic hydroxyl groups excluding tert-OH is 1. The Morgan fingerprint density at radius 1 is 1.43 bits per heavy atom. The third kappa shape index (κ3) is 3.63. The van der Waals surface area contributed by atoms with E-state index >= 15 is 0 Å². The molecular weight excluding hydrogens is 268 g/mol. The second-order valence-electron chi connectivity index (χ2n) is 6.08. The van der Waals surface area contributed by atoms with Gasteiger partial charge in [0.2, 0.25) is 5.91 Å². The fraction of sp³-hybridized carbons (Fsp3) is 0.733. The Balaban J connectivity index is 1.55. The van der Waals surface area contributed by atoms with Crippen molar-refractivity contribution in [2.45, 2.75) is 44.7 Å². The van der Waals surface area contributed by atoms with Crippen LogP contribution in [0.4, 0.5) is 0 Å². The number of amides is 1. The first-order chi connectivity index (χ1) is 10.3. The van der Waals surface area contributed by atoms with Gasteiger partial charge in [-0.25, -0.2) is 0 Å². The van der Waals surface area contributed by atoms with Crippen LogP contribution in [0.5, 0.6) is 0 Å². The lowest BCUT2D eigenvalue weighted by molar-refractivity contribution is -0.121. The zero-order valence-corrected chi connectivity index (χ0v) is 12.3. The molecule has 0 aliphatic heterocycles. The molecule has 1 amide bonds. The van der Waals surface area contributed by atoms with E-state index in [0.717, 1.165) is 43.0 Å². The van der Waals surface area contributed by atoms with E-state index in [9.17, 15) is 4.79 Å². The molecule has 116 valence electrons. The quantitative estimate of drug-likeness (QED) is 0.678. The molecule has 21 heavy (non-hydrogen) atoms. The van der Waals surface area contributed by atoms with Gasteiger partial charge in [0.05, 0.1) is 31.9 Å². The smallest absolute Gasteiger partial charge is 0.234 e. The number of nitrogens with zero attached hydrogens (tertiary/aromatic N) is 2. The highest BCUT2D eigenvalue weighted by molar-refractivity contribution is 5.78. The highest BCUT2D eigenvalue weighted by Crippen LogP contribution is 2.29. The highest BCUT2D eigenvalue weighted by Gasteiger charge is 2.25. The summed E-state index contributed by atoms with van der Waals surface area (Å²) in [6.07, 6.45) is 7.42. The maximum Gasteiger partial charge on any atom is 0.234 e. The molecular formula is C15H24N4O2. The van der Waals surface area contributed by atoms with Crippen molar-refractivity contribution < 1.29 is 9.90 Å². The van der Waals surface area contributed by atoms with Gasteiger partial charge in [-0.3, -0.25) is 9.48 Å². The Labute approximate surface area is 124 Å². The molecule has 3 rings (SSSR count). The molecule has 0 spiro atoms. The number of carbonyl (C=O) groups excluding carboxylic acids is 1. The minimum Gasteiger partial charge on any atom is -0.394 e. The number of rotatable bonds is 7. The molecule has 2 aliphatic carbocycles. The van der Waals surface area contributed by atoms with E-state index in [0.29, 0.717) is 13.1 Å². The van der Waals surface area contributed by atoms with Gasteiger partial charge in [0.1, 0.15) is 0 Å². The van der Waals surface area contributed by atoms with Crippen LogP contribution in [0.1, 0.15) is 43.0 Å². The lowest BCUT2D eigenvalue weighted by atomic mass is 9.93. The van der Waals surface area contributed by atoms with Gasteiger partial charge in [-0.2, -0.15) is 5.10 Å². The maximum absolute atomic E-state index is 12.0. The first-order valence-corrected chi connectivity index (χ1v) is 7.93. The van der Waals surface area contributed by atoms with Gasteiger partial charge in [0.15, 0.2) is 0 Å². The predicted molar refractivity (Wildman–Crippen MR) is 78.7 cm³/mol. The van der Waals surface area contributed by atoms with Crippen LogP contribution in [0.2, 0.25) is 0 Å². The summed E-state index contributed by atoms with van der Waals surface area (Å²) in [7, 11) is 0. The summed E-state index contributed by atoms with van der Waals surface area (Å²) in [5, 5.41) is 19.7. The molecule has 6 heteroatoms. The molecule has 6 nitrogen and oxygen atoms in total. The number of nitrogens with one attached hydrogen (secondary N) is 2. The molecule has 3 N–H and O–H groups in total.